The molecule has 0 spiro atoms. The first-order valence-electron chi connectivity index (χ1n) is 10.4. The molecule has 6 heteroatoms. The SMILES string of the molecule is CCCCC(CC)C(=O)NCCCCn1cnc2c(N)nc3ccccc3c21. The number of amides is 1. The fourth-order valence-corrected chi connectivity index (χ4v) is 3.71. The van der Waals surface area contributed by atoms with E-state index in [9.17, 15) is 4.79 Å². The number of hydrogen-bond acceptors (Lipinski definition) is 4. The maximum absolute atomic E-state index is 12.3. The minimum absolute atomic E-state index is 0.152. The third-order valence-corrected chi connectivity index (χ3v) is 5.38. The Balaban J connectivity index is 1.57. The molecule has 2 heterocycles. The first-order valence-corrected chi connectivity index (χ1v) is 10.4. The van der Waals surface area contributed by atoms with Gasteiger partial charge < -0.3 is 15.6 Å². The number of nitrogens with one attached hydrogen (secondary N) is 1. The predicted molar refractivity (Wildman–Crippen MR) is 115 cm³/mol. The molecule has 1 amide bonds. The molecule has 2 aromatic heterocycles. The highest BCUT2D eigenvalue weighted by atomic mass is 16.1. The number of unbranched alkanes of at least 4 members (excludes halogenated alkanes) is 2. The standard InChI is InChI=1S/C22H31N5O/c1-3-5-10-16(4-2)22(28)24-13-8-9-14-27-15-25-19-20(27)17-11-6-7-12-18(17)26-21(19)23/h6-7,11-12,15-16H,3-5,8-10,13-14H2,1-2H3,(H2,23,26)(H,24,28). The van der Waals surface area contributed by atoms with Crippen LogP contribution in [0, 0.1) is 5.92 Å². The number of nitrogen functional groups attached to an aromatic ring is 1. The summed E-state index contributed by atoms with van der Waals surface area (Å²) in [7, 11) is 0. The van der Waals surface area contributed by atoms with E-state index in [2.05, 4.69) is 39.8 Å². The van der Waals surface area contributed by atoms with Crippen molar-refractivity contribution in [2.45, 2.75) is 58.9 Å². The Morgan fingerprint density at radius 3 is 2.82 bits per heavy atom. The van der Waals surface area contributed by atoms with E-state index < -0.39 is 0 Å². The molecule has 0 saturated carbocycles. The van der Waals surface area contributed by atoms with Crippen LogP contribution in [0.25, 0.3) is 21.9 Å². The van der Waals surface area contributed by atoms with Gasteiger partial charge in [-0.25, -0.2) is 9.97 Å². The van der Waals surface area contributed by atoms with Crippen LogP contribution in [0.3, 0.4) is 0 Å². The van der Waals surface area contributed by atoms with Crippen molar-refractivity contribution in [3.8, 4) is 0 Å². The molecular formula is C22H31N5O. The summed E-state index contributed by atoms with van der Waals surface area (Å²) in [6, 6.07) is 8.01. The van der Waals surface area contributed by atoms with E-state index in [1.165, 1.54) is 0 Å². The zero-order valence-electron chi connectivity index (χ0n) is 16.9. The number of carbonyl (C=O) groups is 1. The largest absolute Gasteiger partial charge is 0.382 e. The number of nitrogens with two attached hydrogens (primary N) is 1. The highest BCUT2D eigenvalue weighted by molar-refractivity contribution is 6.06. The second-order valence-electron chi connectivity index (χ2n) is 7.39. The van der Waals surface area contributed by atoms with Gasteiger partial charge in [-0.2, -0.15) is 0 Å². The number of carbonyl (C=O) groups excluding carboxylic acids is 1. The molecule has 6 nitrogen and oxygen atoms in total. The normalized spacial score (nSPS) is 12.5. The zero-order chi connectivity index (χ0) is 19.9. The van der Waals surface area contributed by atoms with Crippen molar-refractivity contribution in [2.24, 2.45) is 5.92 Å². The number of aryl methyl sites for hydroxylation is 1. The highest BCUT2D eigenvalue weighted by Gasteiger charge is 2.15. The Kier molecular flexibility index (Phi) is 6.85. The topological polar surface area (TPSA) is 85.8 Å². The quantitative estimate of drug-likeness (QED) is 0.513. The first kappa shape index (κ1) is 20.1. The van der Waals surface area contributed by atoms with E-state index in [0.717, 1.165) is 73.6 Å². The van der Waals surface area contributed by atoms with Crippen molar-refractivity contribution in [1.82, 2.24) is 19.9 Å². The van der Waals surface area contributed by atoms with E-state index in [1.807, 2.05) is 24.5 Å². The number of anilines is 1. The second kappa shape index (κ2) is 9.53. The predicted octanol–water partition coefficient (Wildman–Crippen LogP) is 4.28. The van der Waals surface area contributed by atoms with Gasteiger partial charge in [-0.3, -0.25) is 4.79 Å². The van der Waals surface area contributed by atoms with Gasteiger partial charge in [-0.1, -0.05) is 44.9 Å². The van der Waals surface area contributed by atoms with Crippen LogP contribution in [0.4, 0.5) is 5.82 Å². The summed E-state index contributed by atoms with van der Waals surface area (Å²) in [5, 5.41) is 4.17. The summed E-state index contributed by atoms with van der Waals surface area (Å²) in [4.78, 5) is 21.2. The van der Waals surface area contributed by atoms with Crippen molar-refractivity contribution in [3.05, 3.63) is 30.6 Å². The lowest BCUT2D eigenvalue weighted by Gasteiger charge is -2.14. The molecule has 0 aliphatic carbocycles. The third-order valence-electron chi connectivity index (χ3n) is 5.38. The fraction of sp³-hybridized carbons (Fsp3) is 0.500. The van der Waals surface area contributed by atoms with Gasteiger partial charge in [0.15, 0.2) is 5.82 Å². The average Bonchev–Trinajstić information content (AvgIpc) is 3.13. The molecule has 0 radical (unpaired) electrons. The maximum Gasteiger partial charge on any atom is 0.223 e. The van der Waals surface area contributed by atoms with Crippen molar-refractivity contribution >= 4 is 33.7 Å². The van der Waals surface area contributed by atoms with Crippen molar-refractivity contribution < 1.29 is 4.79 Å². The van der Waals surface area contributed by atoms with E-state index in [4.69, 9.17) is 5.73 Å². The number of benzene rings is 1. The average molecular weight is 382 g/mol. The Hall–Kier alpha value is -2.63. The summed E-state index contributed by atoms with van der Waals surface area (Å²) in [5.74, 6) is 0.825. The number of nitrogens with zero attached hydrogens (tertiary/aromatic N) is 3. The van der Waals surface area contributed by atoms with Crippen molar-refractivity contribution in [2.75, 3.05) is 12.3 Å². The molecule has 3 N–H and O–H groups in total. The monoisotopic (exact) mass is 381 g/mol. The number of fused-ring (bicyclic) bond motifs is 3. The molecule has 0 saturated heterocycles. The number of aromatic nitrogens is 3. The van der Waals surface area contributed by atoms with Gasteiger partial charge in [-0.15, -0.1) is 0 Å². The van der Waals surface area contributed by atoms with Gasteiger partial charge in [0.1, 0.15) is 5.52 Å². The van der Waals surface area contributed by atoms with E-state index in [1.54, 1.807) is 0 Å². The third kappa shape index (κ3) is 4.43. The minimum atomic E-state index is 0.152. The second-order valence-corrected chi connectivity index (χ2v) is 7.39. The van der Waals surface area contributed by atoms with E-state index in [0.29, 0.717) is 5.82 Å². The molecule has 0 aliphatic rings. The molecule has 0 fully saturated rings. The molecule has 0 bridgehead atoms. The van der Waals surface area contributed by atoms with Gasteiger partial charge in [-0.05, 0) is 31.7 Å². The van der Waals surface area contributed by atoms with Crippen LogP contribution >= 0.6 is 0 Å². The molecule has 3 rings (SSSR count). The lowest BCUT2D eigenvalue weighted by Crippen LogP contribution is -2.31. The summed E-state index contributed by atoms with van der Waals surface area (Å²) >= 11 is 0. The molecule has 28 heavy (non-hydrogen) atoms. The molecule has 3 aromatic rings. The van der Waals surface area contributed by atoms with Gasteiger partial charge in [0.25, 0.3) is 0 Å². The molecule has 1 atom stereocenters. The lowest BCUT2D eigenvalue weighted by atomic mass is 9.98. The number of hydrogen-bond donors (Lipinski definition) is 2. The molecule has 1 unspecified atom stereocenters. The van der Waals surface area contributed by atoms with Gasteiger partial charge >= 0.3 is 0 Å². The Labute approximate surface area is 166 Å². The minimum Gasteiger partial charge on any atom is -0.382 e. The smallest absolute Gasteiger partial charge is 0.223 e. The van der Waals surface area contributed by atoms with Crippen LogP contribution in [-0.2, 0) is 11.3 Å². The number of para-hydroxylation sites is 1. The van der Waals surface area contributed by atoms with E-state index >= 15 is 0 Å². The van der Waals surface area contributed by atoms with Crippen LogP contribution < -0.4 is 11.1 Å². The Bertz CT molecular complexity index is 933. The lowest BCUT2D eigenvalue weighted by molar-refractivity contribution is -0.125. The zero-order valence-corrected chi connectivity index (χ0v) is 16.9. The summed E-state index contributed by atoms with van der Waals surface area (Å²) < 4.78 is 2.15. The van der Waals surface area contributed by atoms with E-state index in [-0.39, 0.29) is 11.8 Å². The molecule has 0 aliphatic heterocycles. The molecular weight excluding hydrogens is 350 g/mol. The molecule has 150 valence electrons. The van der Waals surface area contributed by atoms with Crippen LogP contribution in [-0.4, -0.2) is 27.0 Å². The summed E-state index contributed by atoms with van der Waals surface area (Å²) in [6.07, 6.45) is 7.90. The molecule has 1 aromatic carbocycles. The van der Waals surface area contributed by atoms with Crippen molar-refractivity contribution in [3.63, 3.8) is 0 Å². The van der Waals surface area contributed by atoms with Crippen LogP contribution in [0.1, 0.15) is 52.4 Å². The van der Waals surface area contributed by atoms with Crippen LogP contribution in [0.15, 0.2) is 30.6 Å². The van der Waals surface area contributed by atoms with Crippen molar-refractivity contribution in [1.29, 1.82) is 0 Å². The Morgan fingerprint density at radius 1 is 1.21 bits per heavy atom. The highest BCUT2D eigenvalue weighted by Crippen LogP contribution is 2.27. The van der Waals surface area contributed by atoms with Gasteiger partial charge in [0.05, 0.1) is 17.4 Å². The number of pyridine rings is 1. The Morgan fingerprint density at radius 2 is 2.04 bits per heavy atom. The van der Waals surface area contributed by atoms with Gasteiger partial charge in [0.2, 0.25) is 5.91 Å². The van der Waals surface area contributed by atoms with Crippen LogP contribution in [0.5, 0.6) is 0 Å². The number of imidazole rings is 1. The summed E-state index contributed by atoms with van der Waals surface area (Å²) in [6.45, 7) is 5.82. The first-order chi connectivity index (χ1) is 13.7. The number of rotatable bonds is 10. The van der Waals surface area contributed by atoms with Crippen LogP contribution in [0.2, 0.25) is 0 Å². The maximum atomic E-state index is 12.3. The van der Waals surface area contributed by atoms with Gasteiger partial charge in [0, 0.05) is 24.4 Å². The summed E-state index contributed by atoms with van der Waals surface area (Å²) in [5.41, 5.74) is 8.77. The fourth-order valence-electron chi connectivity index (χ4n) is 3.71.